The average molecular weight is 228 g/mol. The molecule has 2 atom stereocenters. The molecule has 0 amide bonds. The molecule has 16 heavy (non-hydrogen) atoms. The number of carbonyl (C=O) groups is 1. The molecule has 0 aliphatic carbocycles. The van der Waals surface area contributed by atoms with Gasteiger partial charge < -0.3 is 10.5 Å². The fraction of sp³-hybridized carbons (Fsp3) is 0.917. The van der Waals surface area contributed by atoms with Crippen LogP contribution < -0.4 is 5.73 Å². The van der Waals surface area contributed by atoms with Crippen molar-refractivity contribution in [3.8, 4) is 0 Å². The Labute approximate surface area is 98.1 Å². The summed E-state index contributed by atoms with van der Waals surface area (Å²) in [6.45, 7) is 8.18. The molecule has 1 fully saturated rings. The van der Waals surface area contributed by atoms with Crippen molar-refractivity contribution >= 4 is 5.97 Å². The molecule has 1 rings (SSSR count). The number of piperidine rings is 1. The second-order valence-electron chi connectivity index (χ2n) is 4.66. The second-order valence-corrected chi connectivity index (χ2v) is 4.66. The molecular formula is C12H24N2O2. The highest BCUT2D eigenvalue weighted by Crippen LogP contribution is 2.21. The van der Waals surface area contributed by atoms with Crippen LogP contribution in [0.25, 0.3) is 0 Å². The molecule has 1 aliphatic heterocycles. The van der Waals surface area contributed by atoms with Crippen LogP contribution in [0.2, 0.25) is 0 Å². The Morgan fingerprint density at radius 1 is 1.44 bits per heavy atom. The molecule has 1 heterocycles. The molecule has 0 bridgehead atoms. The Kier molecular flexibility index (Phi) is 5.22. The molecule has 94 valence electrons. The van der Waals surface area contributed by atoms with Crippen LogP contribution in [0.5, 0.6) is 0 Å². The first-order valence-electron chi connectivity index (χ1n) is 6.22. The summed E-state index contributed by atoms with van der Waals surface area (Å²) in [6, 6.07) is 0.147. The van der Waals surface area contributed by atoms with Crippen molar-refractivity contribution in [2.75, 3.05) is 19.7 Å². The van der Waals surface area contributed by atoms with Gasteiger partial charge in [0.05, 0.1) is 6.61 Å². The Morgan fingerprint density at radius 3 is 2.44 bits per heavy atom. The number of nitrogens with two attached hydrogens (primary N) is 1. The minimum Gasteiger partial charge on any atom is -0.465 e. The fourth-order valence-corrected chi connectivity index (χ4v) is 2.24. The molecule has 2 N–H and O–H groups in total. The van der Waals surface area contributed by atoms with Crippen LogP contribution in [0.15, 0.2) is 0 Å². The third kappa shape index (κ3) is 3.46. The number of esters is 1. The van der Waals surface area contributed by atoms with E-state index in [-0.39, 0.29) is 18.1 Å². The van der Waals surface area contributed by atoms with E-state index in [0.717, 1.165) is 25.9 Å². The van der Waals surface area contributed by atoms with Crippen molar-refractivity contribution in [2.24, 2.45) is 11.7 Å². The fourth-order valence-electron chi connectivity index (χ4n) is 2.24. The minimum absolute atomic E-state index is 0.109. The average Bonchev–Trinajstić information content (AvgIpc) is 2.28. The van der Waals surface area contributed by atoms with Crippen LogP contribution in [0.4, 0.5) is 0 Å². The second kappa shape index (κ2) is 6.21. The van der Waals surface area contributed by atoms with E-state index in [9.17, 15) is 4.79 Å². The van der Waals surface area contributed by atoms with Gasteiger partial charge in [0.1, 0.15) is 6.04 Å². The van der Waals surface area contributed by atoms with Crippen molar-refractivity contribution in [1.29, 1.82) is 0 Å². The number of rotatable bonds is 4. The summed E-state index contributed by atoms with van der Waals surface area (Å²) in [5.74, 6) is 0.493. The zero-order valence-electron chi connectivity index (χ0n) is 10.6. The van der Waals surface area contributed by atoms with Crippen LogP contribution in [0.3, 0.4) is 0 Å². The van der Waals surface area contributed by atoms with Crippen molar-refractivity contribution < 1.29 is 9.53 Å². The lowest BCUT2D eigenvalue weighted by Gasteiger charge is -2.36. The van der Waals surface area contributed by atoms with Crippen LogP contribution in [0.1, 0.15) is 33.6 Å². The number of nitrogens with zero attached hydrogens (tertiary/aromatic N) is 1. The van der Waals surface area contributed by atoms with E-state index in [4.69, 9.17) is 10.5 Å². The van der Waals surface area contributed by atoms with Crippen LogP contribution in [-0.2, 0) is 9.53 Å². The summed E-state index contributed by atoms with van der Waals surface area (Å²) >= 11 is 0. The topological polar surface area (TPSA) is 55.6 Å². The number of hydrogen-bond donors (Lipinski definition) is 1. The van der Waals surface area contributed by atoms with Gasteiger partial charge in [0.25, 0.3) is 0 Å². The van der Waals surface area contributed by atoms with E-state index < -0.39 is 0 Å². The molecule has 0 aromatic heterocycles. The van der Waals surface area contributed by atoms with Gasteiger partial charge in [-0.1, -0.05) is 0 Å². The van der Waals surface area contributed by atoms with Crippen LogP contribution >= 0.6 is 0 Å². The predicted molar refractivity (Wildman–Crippen MR) is 64.0 cm³/mol. The maximum absolute atomic E-state index is 11.6. The first kappa shape index (κ1) is 13.5. The molecular weight excluding hydrogens is 204 g/mol. The van der Waals surface area contributed by atoms with Gasteiger partial charge in [-0.3, -0.25) is 9.69 Å². The number of carbonyl (C=O) groups excluding carboxylic acids is 1. The van der Waals surface area contributed by atoms with E-state index in [2.05, 4.69) is 11.8 Å². The van der Waals surface area contributed by atoms with Gasteiger partial charge in [-0.2, -0.15) is 0 Å². The maximum Gasteiger partial charge on any atom is 0.323 e. The largest absolute Gasteiger partial charge is 0.465 e. The minimum atomic E-state index is -0.117. The van der Waals surface area contributed by atoms with E-state index >= 15 is 0 Å². The summed E-state index contributed by atoms with van der Waals surface area (Å²) in [5, 5.41) is 0. The van der Waals surface area contributed by atoms with Gasteiger partial charge in [-0.15, -0.1) is 0 Å². The Balaban J connectivity index is 2.38. The summed E-state index contributed by atoms with van der Waals surface area (Å²) in [4.78, 5) is 13.8. The first-order valence-corrected chi connectivity index (χ1v) is 6.22. The molecule has 4 heteroatoms. The third-order valence-corrected chi connectivity index (χ3v) is 3.49. The summed E-state index contributed by atoms with van der Waals surface area (Å²) in [6.07, 6.45) is 2.17. The first-order chi connectivity index (χ1) is 7.56. The number of likely N-dealkylation sites (tertiary alicyclic amines) is 1. The van der Waals surface area contributed by atoms with Gasteiger partial charge in [0.15, 0.2) is 0 Å². The zero-order valence-corrected chi connectivity index (χ0v) is 10.6. The molecule has 0 aromatic rings. The highest BCUT2D eigenvalue weighted by Gasteiger charge is 2.28. The number of ether oxygens (including phenoxy) is 1. The van der Waals surface area contributed by atoms with Gasteiger partial charge >= 0.3 is 5.97 Å². The standard InChI is InChI=1S/C12H24N2O2/c1-4-16-12(15)10(3)14-7-5-11(6-8-14)9(2)13/h9-11H,4-8,13H2,1-3H3. The van der Waals surface area contributed by atoms with Crippen molar-refractivity contribution in [3.63, 3.8) is 0 Å². The lowest BCUT2D eigenvalue weighted by atomic mass is 9.90. The molecule has 0 radical (unpaired) electrons. The van der Waals surface area contributed by atoms with Crippen molar-refractivity contribution in [1.82, 2.24) is 4.90 Å². The van der Waals surface area contributed by atoms with Crippen molar-refractivity contribution in [2.45, 2.75) is 45.7 Å². The predicted octanol–water partition coefficient (Wildman–Crippen LogP) is 0.997. The lowest BCUT2D eigenvalue weighted by Crippen LogP contribution is -2.46. The van der Waals surface area contributed by atoms with E-state index in [1.807, 2.05) is 13.8 Å². The maximum atomic E-state index is 11.6. The SMILES string of the molecule is CCOC(=O)C(C)N1CCC(C(C)N)CC1. The molecule has 0 aromatic carbocycles. The summed E-state index contributed by atoms with van der Waals surface area (Å²) in [7, 11) is 0. The van der Waals surface area contributed by atoms with Gasteiger partial charge in [0.2, 0.25) is 0 Å². The zero-order chi connectivity index (χ0) is 12.1. The third-order valence-electron chi connectivity index (χ3n) is 3.49. The summed E-state index contributed by atoms with van der Waals surface area (Å²) in [5.41, 5.74) is 5.89. The monoisotopic (exact) mass is 228 g/mol. The van der Waals surface area contributed by atoms with E-state index in [1.165, 1.54) is 0 Å². The molecule has 1 saturated heterocycles. The molecule has 4 nitrogen and oxygen atoms in total. The van der Waals surface area contributed by atoms with Gasteiger partial charge in [0, 0.05) is 6.04 Å². The Hall–Kier alpha value is -0.610. The lowest BCUT2D eigenvalue weighted by molar-refractivity contribution is -0.149. The van der Waals surface area contributed by atoms with Crippen molar-refractivity contribution in [3.05, 3.63) is 0 Å². The highest BCUT2D eigenvalue weighted by molar-refractivity contribution is 5.75. The summed E-state index contributed by atoms with van der Waals surface area (Å²) < 4.78 is 5.03. The molecule has 0 saturated carbocycles. The highest BCUT2D eigenvalue weighted by atomic mass is 16.5. The molecule has 0 spiro atoms. The smallest absolute Gasteiger partial charge is 0.323 e. The molecule has 2 unspecified atom stereocenters. The number of hydrogen-bond acceptors (Lipinski definition) is 4. The van der Waals surface area contributed by atoms with Gasteiger partial charge in [-0.05, 0) is 52.6 Å². The van der Waals surface area contributed by atoms with Gasteiger partial charge in [-0.25, -0.2) is 0 Å². The van der Waals surface area contributed by atoms with E-state index in [1.54, 1.807) is 0 Å². The Morgan fingerprint density at radius 2 is 2.00 bits per heavy atom. The normalized spacial score (nSPS) is 22.8. The van der Waals surface area contributed by atoms with Crippen LogP contribution in [0, 0.1) is 5.92 Å². The Bertz CT molecular complexity index is 223. The quantitative estimate of drug-likeness (QED) is 0.729. The van der Waals surface area contributed by atoms with Crippen LogP contribution in [-0.4, -0.2) is 42.6 Å². The molecule has 1 aliphatic rings. The van der Waals surface area contributed by atoms with E-state index in [0.29, 0.717) is 12.5 Å².